The number of aromatic nitrogens is 4. The lowest BCUT2D eigenvalue weighted by Crippen LogP contribution is -2.27. The summed E-state index contributed by atoms with van der Waals surface area (Å²) in [5, 5.41) is 12.6. The van der Waals surface area contributed by atoms with E-state index < -0.39 is 17.4 Å². The molecule has 1 aromatic carbocycles. The first-order chi connectivity index (χ1) is 13.0. The van der Waals surface area contributed by atoms with Crippen molar-refractivity contribution in [3.05, 3.63) is 76.0 Å². The molecule has 0 aliphatic rings. The van der Waals surface area contributed by atoms with Gasteiger partial charge in [-0.05, 0) is 23.8 Å². The van der Waals surface area contributed by atoms with Crippen LogP contribution in [0.15, 0.2) is 58.8 Å². The molecule has 10 heteroatoms. The molecule has 0 fully saturated rings. The Hall–Kier alpha value is -4.21. The van der Waals surface area contributed by atoms with Gasteiger partial charge in [0, 0.05) is 18.6 Å². The maximum Gasteiger partial charge on any atom is 0.335 e. The fraction of sp³-hybridized carbons (Fsp3) is 0. The largest absolute Gasteiger partial charge is 0.478 e. The fourth-order valence-electron chi connectivity index (χ4n) is 2.03. The second kappa shape index (κ2) is 7.78. The third-order valence-electron chi connectivity index (χ3n) is 3.36. The quantitative estimate of drug-likeness (QED) is 0.445. The number of benzene rings is 1. The molecule has 3 N–H and O–H groups in total. The summed E-state index contributed by atoms with van der Waals surface area (Å²) in [7, 11) is 0. The van der Waals surface area contributed by atoms with E-state index in [2.05, 4.69) is 30.5 Å². The van der Waals surface area contributed by atoms with Gasteiger partial charge in [-0.2, -0.15) is 5.10 Å². The van der Waals surface area contributed by atoms with Gasteiger partial charge in [-0.15, -0.1) is 0 Å². The van der Waals surface area contributed by atoms with Crippen molar-refractivity contribution in [3.63, 3.8) is 0 Å². The van der Waals surface area contributed by atoms with Gasteiger partial charge in [0.05, 0.1) is 11.8 Å². The second-order valence-electron chi connectivity index (χ2n) is 5.17. The van der Waals surface area contributed by atoms with E-state index in [1.807, 2.05) is 0 Å². The molecule has 134 valence electrons. The maximum atomic E-state index is 12.1. The third-order valence-corrected chi connectivity index (χ3v) is 3.36. The van der Waals surface area contributed by atoms with Gasteiger partial charge in [0.15, 0.2) is 11.6 Å². The molecule has 2 heterocycles. The molecule has 0 unspecified atom stereocenters. The summed E-state index contributed by atoms with van der Waals surface area (Å²) >= 11 is 0. The number of carbonyl (C=O) groups excluding carboxylic acids is 1. The molecule has 0 saturated carbocycles. The van der Waals surface area contributed by atoms with Crippen LogP contribution >= 0.6 is 0 Å². The van der Waals surface area contributed by atoms with Crippen molar-refractivity contribution in [1.29, 1.82) is 0 Å². The summed E-state index contributed by atoms with van der Waals surface area (Å²) < 4.78 is 0. The number of carboxylic acid groups (broad SMARTS) is 1. The van der Waals surface area contributed by atoms with E-state index >= 15 is 0 Å². The summed E-state index contributed by atoms with van der Waals surface area (Å²) in [4.78, 5) is 49.2. The predicted octanol–water partition coefficient (Wildman–Crippen LogP) is 0.689. The van der Waals surface area contributed by atoms with E-state index in [-0.39, 0.29) is 22.8 Å². The SMILES string of the molecule is O=C(O)c1ccc(/C=N/NC(=O)c2cnc(-c3ncccn3)[nH]c2=O)cc1. The Kier molecular flexibility index (Phi) is 5.07. The van der Waals surface area contributed by atoms with Gasteiger partial charge in [0.2, 0.25) is 0 Å². The van der Waals surface area contributed by atoms with E-state index in [4.69, 9.17) is 5.11 Å². The Morgan fingerprint density at radius 1 is 1.11 bits per heavy atom. The van der Waals surface area contributed by atoms with Crippen LogP contribution in [0, 0.1) is 0 Å². The smallest absolute Gasteiger partial charge is 0.335 e. The number of nitrogens with one attached hydrogen (secondary N) is 2. The summed E-state index contributed by atoms with van der Waals surface area (Å²) in [5.74, 6) is -1.42. The van der Waals surface area contributed by atoms with Crippen LogP contribution in [-0.2, 0) is 0 Å². The van der Waals surface area contributed by atoms with E-state index in [0.29, 0.717) is 5.56 Å². The summed E-state index contributed by atoms with van der Waals surface area (Å²) in [5.41, 5.74) is 2.03. The maximum absolute atomic E-state index is 12.1. The van der Waals surface area contributed by atoms with Crippen LogP contribution in [0.1, 0.15) is 26.3 Å². The monoisotopic (exact) mass is 364 g/mol. The number of nitrogens with zero attached hydrogens (tertiary/aromatic N) is 4. The molecule has 27 heavy (non-hydrogen) atoms. The number of aromatic amines is 1. The van der Waals surface area contributed by atoms with Gasteiger partial charge in [-0.1, -0.05) is 12.1 Å². The van der Waals surface area contributed by atoms with Gasteiger partial charge >= 0.3 is 5.97 Å². The molecular weight excluding hydrogens is 352 g/mol. The van der Waals surface area contributed by atoms with Gasteiger partial charge in [0.25, 0.3) is 11.5 Å². The Bertz CT molecular complexity index is 1060. The van der Waals surface area contributed by atoms with Gasteiger partial charge in [-0.25, -0.2) is 25.2 Å². The van der Waals surface area contributed by atoms with Crippen LogP contribution in [0.25, 0.3) is 11.6 Å². The number of carboxylic acids is 1. The average molecular weight is 364 g/mol. The van der Waals surface area contributed by atoms with Crippen molar-refractivity contribution in [2.24, 2.45) is 5.10 Å². The number of hydrogen-bond acceptors (Lipinski definition) is 7. The Morgan fingerprint density at radius 3 is 2.44 bits per heavy atom. The minimum atomic E-state index is -1.04. The van der Waals surface area contributed by atoms with E-state index in [0.717, 1.165) is 6.20 Å². The molecule has 0 bridgehead atoms. The predicted molar refractivity (Wildman–Crippen MR) is 94.3 cm³/mol. The second-order valence-corrected chi connectivity index (χ2v) is 5.17. The van der Waals surface area contributed by atoms with Gasteiger partial charge < -0.3 is 10.1 Å². The molecule has 1 amide bonds. The molecule has 10 nitrogen and oxygen atoms in total. The molecular formula is C17H12N6O4. The van der Waals surface area contributed by atoms with E-state index in [1.165, 1.54) is 42.9 Å². The number of carbonyl (C=O) groups is 2. The summed E-state index contributed by atoms with van der Waals surface area (Å²) in [6.07, 6.45) is 5.43. The topological polar surface area (TPSA) is 150 Å². The van der Waals surface area contributed by atoms with Crippen molar-refractivity contribution in [2.75, 3.05) is 0 Å². The highest BCUT2D eigenvalue weighted by Gasteiger charge is 2.12. The highest BCUT2D eigenvalue weighted by Crippen LogP contribution is 2.05. The molecule has 0 atom stereocenters. The average Bonchev–Trinajstić information content (AvgIpc) is 2.69. The summed E-state index contributed by atoms with van der Waals surface area (Å²) in [6.45, 7) is 0. The minimum Gasteiger partial charge on any atom is -0.478 e. The van der Waals surface area contributed by atoms with Crippen molar-refractivity contribution in [1.82, 2.24) is 25.4 Å². The molecule has 0 radical (unpaired) electrons. The molecule has 0 aliphatic heterocycles. The minimum absolute atomic E-state index is 0.135. The molecule has 0 aliphatic carbocycles. The van der Waals surface area contributed by atoms with E-state index in [1.54, 1.807) is 6.07 Å². The van der Waals surface area contributed by atoms with Crippen molar-refractivity contribution in [3.8, 4) is 11.6 Å². The molecule has 2 aromatic heterocycles. The third kappa shape index (κ3) is 4.25. The number of hydrazone groups is 1. The van der Waals surface area contributed by atoms with Crippen LogP contribution in [0.3, 0.4) is 0 Å². The standard InChI is InChI=1S/C17H12N6O4/c24-15-12(9-20-14(22-15)13-18-6-1-7-19-13)16(25)23-21-8-10-2-4-11(5-3-10)17(26)27/h1-9H,(H,23,25)(H,26,27)(H,20,22,24)/b21-8+. The van der Waals surface area contributed by atoms with Gasteiger partial charge in [-0.3, -0.25) is 9.59 Å². The van der Waals surface area contributed by atoms with Crippen LogP contribution in [-0.4, -0.2) is 43.1 Å². The zero-order chi connectivity index (χ0) is 19.2. The van der Waals surface area contributed by atoms with E-state index in [9.17, 15) is 14.4 Å². The zero-order valence-corrected chi connectivity index (χ0v) is 13.7. The number of aromatic carboxylic acids is 1. The Balaban J connectivity index is 1.69. The number of rotatable bonds is 5. The first kappa shape index (κ1) is 17.6. The lowest BCUT2D eigenvalue weighted by Gasteiger charge is -2.01. The number of amides is 1. The first-order valence-corrected chi connectivity index (χ1v) is 7.58. The normalized spacial score (nSPS) is 10.7. The Morgan fingerprint density at radius 2 is 1.81 bits per heavy atom. The first-order valence-electron chi connectivity index (χ1n) is 7.58. The molecule has 3 aromatic rings. The molecule has 0 spiro atoms. The number of H-pyrrole nitrogens is 1. The van der Waals surface area contributed by atoms with Crippen LogP contribution < -0.4 is 11.0 Å². The van der Waals surface area contributed by atoms with Crippen molar-refractivity contribution in [2.45, 2.75) is 0 Å². The lowest BCUT2D eigenvalue weighted by atomic mass is 10.1. The summed E-state index contributed by atoms with van der Waals surface area (Å²) in [6, 6.07) is 7.50. The number of hydrogen-bond donors (Lipinski definition) is 3. The van der Waals surface area contributed by atoms with Crippen LogP contribution in [0.5, 0.6) is 0 Å². The highest BCUT2D eigenvalue weighted by atomic mass is 16.4. The zero-order valence-electron chi connectivity index (χ0n) is 13.7. The van der Waals surface area contributed by atoms with Crippen molar-refractivity contribution >= 4 is 18.1 Å². The van der Waals surface area contributed by atoms with Gasteiger partial charge in [0.1, 0.15) is 5.56 Å². The lowest BCUT2D eigenvalue weighted by molar-refractivity contribution is 0.0696. The molecule has 0 saturated heterocycles. The highest BCUT2D eigenvalue weighted by molar-refractivity contribution is 5.94. The molecule has 3 rings (SSSR count). The fourth-order valence-corrected chi connectivity index (χ4v) is 2.03. The van der Waals surface area contributed by atoms with Crippen LogP contribution in [0.2, 0.25) is 0 Å². The Labute approximate surface area is 151 Å². The van der Waals surface area contributed by atoms with Crippen molar-refractivity contribution < 1.29 is 14.7 Å². The van der Waals surface area contributed by atoms with Crippen LogP contribution in [0.4, 0.5) is 0 Å².